The first-order chi connectivity index (χ1) is 11.6. The van der Waals surface area contributed by atoms with Crippen LogP contribution in [0.3, 0.4) is 0 Å². The van der Waals surface area contributed by atoms with Gasteiger partial charge in [0.2, 0.25) is 5.16 Å². The van der Waals surface area contributed by atoms with E-state index in [0.717, 1.165) is 11.3 Å². The number of hydrogen-bond donors (Lipinski definition) is 0. The number of benzene rings is 2. The minimum Gasteiger partial charge on any atom is -0.207 e. The highest BCUT2D eigenvalue weighted by Crippen LogP contribution is 2.30. The summed E-state index contributed by atoms with van der Waals surface area (Å²) in [6.45, 7) is 0. The molecule has 0 aliphatic carbocycles. The van der Waals surface area contributed by atoms with Gasteiger partial charge in [-0.05, 0) is 24.3 Å². The molecule has 0 amide bonds. The van der Waals surface area contributed by atoms with Crippen LogP contribution in [0.15, 0.2) is 52.7 Å². The van der Waals surface area contributed by atoms with E-state index in [4.69, 9.17) is 23.2 Å². The third kappa shape index (κ3) is 2.81. The molecule has 3 aromatic rings. The smallest absolute Gasteiger partial charge is 0.207 e. The maximum absolute atomic E-state index is 13.5. The molecule has 0 saturated carbocycles. The number of aromatic nitrogens is 3. The Morgan fingerprint density at radius 1 is 1.00 bits per heavy atom. The highest BCUT2D eigenvalue weighted by Gasteiger charge is 2.21. The molecule has 0 radical (unpaired) electrons. The fourth-order valence-electron chi connectivity index (χ4n) is 2.35. The van der Waals surface area contributed by atoms with Crippen LogP contribution in [0.5, 0.6) is 0 Å². The first-order valence-electron chi connectivity index (χ1n) is 6.99. The fraction of sp³-hybridized carbons (Fsp3) is 0.0625. The van der Waals surface area contributed by atoms with E-state index in [9.17, 15) is 4.39 Å². The van der Waals surface area contributed by atoms with Crippen molar-refractivity contribution >= 4 is 40.7 Å². The maximum Gasteiger partial charge on any atom is 0.212 e. The number of thioether (sulfide) groups is 1. The summed E-state index contributed by atoms with van der Waals surface area (Å²) < 4.78 is 15.1. The Balaban J connectivity index is 1.80. The van der Waals surface area contributed by atoms with Crippen LogP contribution in [0, 0.1) is 5.82 Å². The van der Waals surface area contributed by atoms with Gasteiger partial charge in [0.15, 0.2) is 5.82 Å². The van der Waals surface area contributed by atoms with Crippen molar-refractivity contribution in [3.05, 3.63) is 63.9 Å². The predicted molar refractivity (Wildman–Crippen MR) is 94.5 cm³/mol. The zero-order valence-corrected chi connectivity index (χ0v) is 14.4. The molecule has 0 N–H and O–H groups in total. The van der Waals surface area contributed by atoms with E-state index in [1.807, 2.05) is 6.07 Å². The van der Waals surface area contributed by atoms with Gasteiger partial charge in [0.1, 0.15) is 5.82 Å². The molecule has 0 atom stereocenters. The van der Waals surface area contributed by atoms with Crippen molar-refractivity contribution in [2.75, 3.05) is 5.75 Å². The van der Waals surface area contributed by atoms with E-state index >= 15 is 0 Å². The summed E-state index contributed by atoms with van der Waals surface area (Å²) in [4.78, 5) is 0. The van der Waals surface area contributed by atoms with Crippen molar-refractivity contribution < 1.29 is 4.39 Å². The van der Waals surface area contributed by atoms with Crippen LogP contribution in [0.4, 0.5) is 4.39 Å². The number of rotatable bonds is 2. The van der Waals surface area contributed by atoms with Crippen LogP contribution in [0.1, 0.15) is 5.56 Å². The molecular formula is C16H9Cl2FN4S. The molecule has 1 aliphatic heterocycles. The number of nitrogens with zero attached hydrogens (tertiary/aromatic N) is 4. The van der Waals surface area contributed by atoms with Crippen molar-refractivity contribution in [1.82, 2.24) is 14.9 Å². The molecule has 2 aromatic carbocycles. The summed E-state index contributed by atoms with van der Waals surface area (Å²) in [5, 5.41) is 14.5. The molecule has 1 aliphatic rings. The van der Waals surface area contributed by atoms with Gasteiger partial charge in [-0.1, -0.05) is 53.2 Å². The standard InChI is InChI=1S/C16H9Cl2FN4S/c17-12-5-4-9(7-13(12)18)14-8-24-16-21-20-15(23(16)22-14)10-2-1-3-11(19)6-10/h1-7H,8H2. The van der Waals surface area contributed by atoms with E-state index in [-0.39, 0.29) is 5.82 Å². The maximum atomic E-state index is 13.5. The van der Waals surface area contributed by atoms with Gasteiger partial charge in [0, 0.05) is 16.9 Å². The first kappa shape index (κ1) is 15.6. The third-order valence-corrected chi connectivity index (χ3v) is 5.18. The zero-order chi connectivity index (χ0) is 16.7. The van der Waals surface area contributed by atoms with Crippen molar-refractivity contribution in [1.29, 1.82) is 0 Å². The SMILES string of the molecule is Fc1cccc(-c2nnc3n2N=C(c2ccc(Cl)c(Cl)c2)CS3)c1. The monoisotopic (exact) mass is 378 g/mol. The Bertz CT molecular complexity index is 970. The molecule has 0 fully saturated rings. The van der Waals surface area contributed by atoms with Crippen molar-refractivity contribution in [2.24, 2.45) is 5.10 Å². The largest absolute Gasteiger partial charge is 0.212 e. The van der Waals surface area contributed by atoms with Gasteiger partial charge < -0.3 is 0 Å². The molecule has 120 valence electrons. The second-order valence-corrected chi connectivity index (χ2v) is 6.85. The number of hydrogen-bond acceptors (Lipinski definition) is 4. The quantitative estimate of drug-likeness (QED) is 0.646. The normalized spacial score (nSPS) is 13.5. The summed E-state index contributed by atoms with van der Waals surface area (Å²) in [5.74, 6) is 0.801. The highest BCUT2D eigenvalue weighted by atomic mass is 35.5. The summed E-state index contributed by atoms with van der Waals surface area (Å²) in [6, 6.07) is 11.6. The lowest BCUT2D eigenvalue weighted by Gasteiger charge is -2.14. The second kappa shape index (κ2) is 6.20. The summed E-state index contributed by atoms with van der Waals surface area (Å²) in [7, 11) is 0. The Kier molecular flexibility index (Phi) is 4.04. The second-order valence-electron chi connectivity index (χ2n) is 5.09. The van der Waals surface area contributed by atoms with E-state index < -0.39 is 0 Å². The zero-order valence-electron chi connectivity index (χ0n) is 12.1. The third-order valence-electron chi connectivity index (χ3n) is 3.51. The van der Waals surface area contributed by atoms with Gasteiger partial charge in [0.05, 0.1) is 15.8 Å². The van der Waals surface area contributed by atoms with Crippen LogP contribution >= 0.6 is 35.0 Å². The molecule has 0 unspecified atom stereocenters. The van der Waals surface area contributed by atoms with Gasteiger partial charge in [-0.3, -0.25) is 0 Å². The number of halogens is 3. The van der Waals surface area contributed by atoms with Gasteiger partial charge in [-0.15, -0.1) is 10.2 Å². The van der Waals surface area contributed by atoms with Crippen LogP contribution in [0.25, 0.3) is 11.4 Å². The Morgan fingerprint density at radius 3 is 2.67 bits per heavy atom. The van der Waals surface area contributed by atoms with Gasteiger partial charge in [-0.25, -0.2) is 4.39 Å². The van der Waals surface area contributed by atoms with Crippen LogP contribution in [-0.4, -0.2) is 26.3 Å². The molecular weight excluding hydrogens is 370 g/mol. The van der Waals surface area contributed by atoms with Gasteiger partial charge in [-0.2, -0.15) is 9.78 Å². The Hall–Kier alpha value is -1.89. The van der Waals surface area contributed by atoms with E-state index in [0.29, 0.717) is 32.3 Å². The molecule has 1 aromatic heterocycles. The summed E-state index contributed by atoms with van der Waals surface area (Å²) in [6.07, 6.45) is 0. The van der Waals surface area contributed by atoms with Crippen molar-refractivity contribution in [2.45, 2.75) is 5.16 Å². The predicted octanol–water partition coefficient (Wildman–Crippen LogP) is 4.75. The van der Waals surface area contributed by atoms with Gasteiger partial charge >= 0.3 is 0 Å². The van der Waals surface area contributed by atoms with Crippen molar-refractivity contribution in [3.63, 3.8) is 0 Å². The molecule has 4 nitrogen and oxygen atoms in total. The molecule has 4 rings (SSSR count). The van der Waals surface area contributed by atoms with Crippen LogP contribution in [0.2, 0.25) is 10.0 Å². The molecule has 0 bridgehead atoms. The minimum absolute atomic E-state index is 0.331. The van der Waals surface area contributed by atoms with E-state index in [2.05, 4.69) is 15.3 Å². The lowest BCUT2D eigenvalue weighted by atomic mass is 10.1. The van der Waals surface area contributed by atoms with Crippen LogP contribution < -0.4 is 0 Å². The molecule has 2 heterocycles. The molecule has 0 saturated heterocycles. The Morgan fingerprint density at radius 2 is 1.88 bits per heavy atom. The average Bonchev–Trinajstić information content (AvgIpc) is 3.00. The minimum atomic E-state index is -0.331. The lowest BCUT2D eigenvalue weighted by molar-refractivity contribution is 0.628. The summed E-state index contributed by atoms with van der Waals surface area (Å²) >= 11 is 13.6. The molecule has 0 spiro atoms. The van der Waals surface area contributed by atoms with E-state index in [1.165, 1.54) is 23.9 Å². The highest BCUT2D eigenvalue weighted by molar-refractivity contribution is 7.99. The van der Waals surface area contributed by atoms with Crippen LogP contribution in [-0.2, 0) is 0 Å². The topological polar surface area (TPSA) is 43.1 Å². The molecule has 24 heavy (non-hydrogen) atoms. The number of fused-ring (bicyclic) bond motifs is 1. The summed E-state index contributed by atoms with van der Waals surface area (Å²) in [5.41, 5.74) is 2.32. The fourth-order valence-corrected chi connectivity index (χ4v) is 3.49. The average molecular weight is 379 g/mol. The lowest BCUT2D eigenvalue weighted by Crippen LogP contribution is -2.13. The van der Waals surface area contributed by atoms with E-state index in [1.54, 1.807) is 28.9 Å². The van der Waals surface area contributed by atoms with Gasteiger partial charge in [0.25, 0.3) is 0 Å². The van der Waals surface area contributed by atoms with Crippen molar-refractivity contribution in [3.8, 4) is 11.4 Å². The first-order valence-corrected chi connectivity index (χ1v) is 8.73. The Labute approximate surface area is 151 Å². The molecule has 8 heteroatoms.